The summed E-state index contributed by atoms with van der Waals surface area (Å²) in [6, 6.07) is 8.34. The lowest BCUT2D eigenvalue weighted by Gasteiger charge is -2.33. The summed E-state index contributed by atoms with van der Waals surface area (Å²) in [5.41, 5.74) is 1.65. The number of carbonyl (C=O) groups is 2. The molecule has 30 heavy (non-hydrogen) atoms. The van der Waals surface area contributed by atoms with Crippen molar-refractivity contribution in [1.82, 2.24) is 10.3 Å². The first kappa shape index (κ1) is 18.7. The quantitative estimate of drug-likeness (QED) is 0.674. The Balaban J connectivity index is 1.51. The van der Waals surface area contributed by atoms with E-state index in [1.165, 1.54) is 28.0 Å². The monoisotopic (exact) mass is 434 g/mol. The number of hydrogen-bond acceptors (Lipinski definition) is 7. The number of nitrogens with one attached hydrogen (secondary N) is 1. The first-order valence-corrected chi connectivity index (χ1v) is 10.8. The third-order valence-electron chi connectivity index (χ3n) is 5.06. The van der Waals surface area contributed by atoms with Crippen molar-refractivity contribution in [2.75, 3.05) is 12.0 Å². The van der Waals surface area contributed by atoms with Crippen LogP contribution in [0.15, 0.2) is 48.1 Å². The van der Waals surface area contributed by atoms with E-state index in [0.29, 0.717) is 22.6 Å². The number of imide groups is 1. The van der Waals surface area contributed by atoms with Crippen LogP contribution >= 0.6 is 23.1 Å². The number of thioether (sulfide) groups is 1. The molecule has 0 aliphatic carbocycles. The standard InChI is InChI=1S/C21H14N4O3S2/c1-28-13-3-2-11(8-22)14(6-13)17-7-15-19(30-17)20(26)25(21(27)24-15)16-10-23-9-12-4-5-29-18(12)16/h2-7,9-10,15,19H,1H3,(H,24,27). The van der Waals surface area contributed by atoms with E-state index in [2.05, 4.69) is 16.4 Å². The van der Waals surface area contributed by atoms with Gasteiger partial charge >= 0.3 is 6.03 Å². The van der Waals surface area contributed by atoms with Gasteiger partial charge in [-0.1, -0.05) is 0 Å². The summed E-state index contributed by atoms with van der Waals surface area (Å²) >= 11 is 2.80. The van der Waals surface area contributed by atoms with Gasteiger partial charge in [0.05, 0.1) is 41.4 Å². The van der Waals surface area contributed by atoms with Gasteiger partial charge < -0.3 is 10.1 Å². The van der Waals surface area contributed by atoms with Gasteiger partial charge in [0.2, 0.25) is 0 Å². The Hall–Kier alpha value is -3.35. The Morgan fingerprint density at radius 1 is 1.27 bits per heavy atom. The predicted molar refractivity (Wildman–Crippen MR) is 116 cm³/mol. The van der Waals surface area contributed by atoms with Crippen LogP contribution in [0.2, 0.25) is 0 Å². The Morgan fingerprint density at radius 3 is 2.93 bits per heavy atom. The van der Waals surface area contributed by atoms with Crippen LogP contribution in [0.5, 0.6) is 5.75 Å². The highest BCUT2D eigenvalue weighted by Gasteiger charge is 2.46. The number of rotatable bonds is 3. The van der Waals surface area contributed by atoms with Crippen LogP contribution in [-0.4, -0.2) is 35.3 Å². The number of fused-ring (bicyclic) bond motifs is 2. The minimum Gasteiger partial charge on any atom is -0.497 e. The second kappa shape index (κ2) is 7.16. The predicted octanol–water partition coefficient (Wildman–Crippen LogP) is 3.76. The Bertz CT molecular complexity index is 1280. The summed E-state index contributed by atoms with van der Waals surface area (Å²) in [7, 11) is 1.56. The molecule has 0 spiro atoms. The van der Waals surface area contributed by atoms with Crippen molar-refractivity contribution in [3.8, 4) is 11.8 Å². The SMILES string of the molecule is COc1ccc(C#N)c(C2=CC3NC(=O)N(c4cncc5ccsc45)C(=O)C3S2)c1. The number of thiophene rings is 1. The van der Waals surface area contributed by atoms with Gasteiger partial charge in [-0.15, -0.1) is 23.1 Å². The topological polar surface area (TPSA) is 95.3 Å². The van der Waals surface area contributed by atoms with Crippen LogP contribution in [0.4, 0.5) is 10.5 Å². The summed E-state index contributed by atoms with van der Waals surface area (Å²) in [4.78, 5) is 32.3. The lowest BCUT2D eigenvalue weighted by molar-refractivity contribution is -0.118. The third-order valence-corrected chi connectivity index (χ3v) is 7.37. The van der Waals surface area contributed by atoms with E-state index in [-0.39, 0.29) is 5.91 Å². The molecular formula is C21H14N4O3S2. The molecule has 9 heteroatoms. The number of ether oxygens (including phenoxy) is 1. The Kier molecular flexibility index (Phi) is 4.46. The molecule has 148 valence electrons. The lowest BCUT2D eigenvalue weighted by Crippen LogP contribution is -2.60. The molecule has 3 amide bonds. The molecule has 1 fully saturated rings. The zero-order valence-electron chi connectivity index (χ0n) is 15.7. The molecule has 1 saturated heterocycles. The van der Waals surface area contributed by atoms with E-state index in [1.54, 1.807) is 37.7 Å². The molecule has 2 atom stereocenters. The first-order valence-electron chi connectivity index (χ1n) is 9.03. The number of urea groups is 1. The molecular weight excluding hydrogens is 420 g/mol. The molecule has 5 rings (SSSR count). The molecule has 0 bridgehead atoms. The third kappa shape index (κ3) is 2.84. The number of pyridine rings is 1. The Labute approximate surface area is 180 Å². The summed E-state index contributed by atoms with van der Waals surface area (Å²) in [6.45, 7) is 0. The van der Waals surface area contributed by atoms with Crippen molar-refractivity contribution in [1.29, 1.82) is 5.26 Å². The molecule has 0 radical (unpaired) electrons. The van der Waals surface area contributed by atoms with Gasteiger partial charge in [0.25, 0.3) is 5.91 Å². The van der Waals surface area contributed by atoms with Crippen molar-refractivity contribution in [3.05, 3.63) is 59.2 Å². The molecule has 2 aromatic heterocycles. The average molecular weight is 435 g/mol. The normalized spacial score (nSPS) is 20.5. The number of amides is 3. The maximum atomic E-state index is 13.3. The van der Waals surface area contributed by atoms with Gasteiger partial charge in [0.1, 0.15) is 11.0 Å². The molecule has 2 aliphatic rings. The van der Waals surface area contributed by atoms with Crippen LogP contribution in [0.3, 0.4) is 0 Å². The molecule has 2 unspecified atom stereocenters. The highest BCUT2D eigenvalue weighted by Crippen LogP contribution is 2.44. The van der Waals surface area contributed by atoms with Crippen molar-refractivity contribution in [2.45, 2.75) is 11.3 Å². The fourth-order valence-corrected chi connectivity index (χ4v) is 5.79. The number of aromatic nitrogens is 1. The van der Waals surface area contributed by atoms with E-state index >= 15 is 0 Å². The number of nitrogens with zero attached hydrogens (tertiary/aromatic N) is 3. The average Bonchev–Trinajstić information content (AvgIpc) is 3.40. The minimum absolute atomic E-state index is 0.302. The molecule has 0 saturated carbocycles. The van der Waals surface area contributed by atoms with E-state index in [0.717, 1.165) is 15.0 Å². The van der Waals surface area contributed by atoms with Gasteiger partial charge in [-0.2, -0.15) is 5.26 Å². The van der Waals surface area contributed by atoms with Gasteiger partial charge in [-0.05, 0) is 35.7 Å². The first-order chi connectivity index (χ1) is 14.6. The summed E-state index contributed by atoms with van der Waals surface area (Å²) in [5, 5.41) is 14.7. The van der Waals surface area contributed by atoms with Crippen molar-refractivity contribution in [3.63, 3.8) is 0 Å². The molecule has 7 nitrogen and oxygen atoms in total. The zero-order chi connectivity index (χ0) is 20.8. The molecule has 4 heterocycles. The number of nitriles is 1. The summed E-state index contributed by atoms with van der Waals surface area (Å²) < 4.78 is 6.12. The van der Waals surface area contributed by atoms with E-state index < -0.39 is 17.3 Å². The maximum absolute atomic E-state index is 13.3. The van der Waals surface area contributed by atoms with Gasteiger partial charge in [-0.25, -0.2) is 9.69 Å². The van der Waals surface area contributed by atoms with Gasteiger partial charge in [-0.3, -0.25) is 9.78 Å². The Morgan fingerprint density at radius 2 is 2.13 bits per heavy atom. The number of anilines is 1. The van der Waals surface area contributed by atoms with E-state index in [4.69, 9.17) is 4.74 Å². The summed E-state index contributed by atoms with van der Waals surface area (Å²) in [6.07, 6.45) is 5.09. The maximum Gasteiger partial charge on any atom is 0.329 e. The van der Waals surface area contributed by atoms with Crippen LogP contribution < -0.4 is 15.0 Å². The second-order valence-electron chi connectivity index (χ2n) is 6.74. The van der Waals surface area contributed by atoms with Crippen molar-refractivity contribution in [2.24, 2.45) is 0 Å². The molecule has 3 aromatic rings. The van der Waals surface area contributed by atoms with E-state index in [1.807, 2.05) is 17.5 Å². The van der Waals surface area contributed by atoms with Crippen molar-refractivity contribution >= 4 is 55.7 Å². The van der Waals surface area contributed by atoms with Gasteiger partial charge in [0, 0.05) is 22.1 Å². The highest BCUT2D eigenvalue weighted by atomic mass is 32.2. The molecule has 1 N–H and O–H groups in total. The number of benzene rings is 1. The molecule has 2 aliphatic heterocycles. The van der Waals surface area contributed by atoms with E-state index in [9.17, 15) is 14.9 Å². The smallest absolute Gasteiger partial charge is 0.329 e. The van der Waals surface area contributed by atoms with Gasteiger partial charge in [0.15, 0.2) is 0 Å². The molecule has 1 aromatic carbocycles. The fraction of sp³-hybridized carbons (Fsp3) is 0.143. The lowest BCUT2D eigenvalue weighted by atomic mass is 10.0. The van der Waals surface area contributed by atoms with Crippen LogP contribution in [0.1, 0.15) is 11.1 Å². The minimum atomic E-state index is -0.523. The number of carbonyl (C=O) groups excluding carboxylic acids is 2. The van der Waals surface area contributed by atoms with Crippen molar-refractivity contribution < 1.29 is 14.3 Å². The fourth-order valence-electron chi connectivity index (χ4n) is 3.62. The largest absolute Gasteiger partial charge is 0.497 e. The van der Waals surface area contributed by atoms with Crippen LogP contribution in [0, 0.1) is 11.3 Å². The number of methoxy groups -OCH3 is 1. The zero-order valence-corrected chi connectivity index (χ0v) is 17.3. The summed E-state index contributed by atoms with van der Waals surface area (Å²) in [5.74, 6) is 0.317. The highest BCUT2D eigenvalue weighted by molar-refractivity contribution is 8.09. The second-order valence-corrected chi connectivity index (χ2v) is 8.84. The number of hydrogen-bond donors (Lipinski definition) is 1. The van der Waals surface area contributed by atoms with Crippen LogP contribution in [-0.2, 0) is 4.79 Å². The van der Waals surface area contributed by atoms with Crippen LogP contribution in [0.25, 0.3) is 15.0 Å².